The van der Waals surface area contributed by atoms with Gasteiger partial charge in [0.25, 0.3) is 0 Å². The van der Waals surface area contributed by atoms with Crippen LogP contribution in [0.25, 0.3) is 6.08 Å². The fourth-order valence-corrected chi connectivity index (χ4v) is 1.39. The maximum Gasteiger partial charge on any atom is 0.103 e. The predicted molar refractivity (Wildman–Crippen MR) is 78.6 cm³/mol. The van der Waals surface area contributed by atoms with Crippen LogP contribution in [0.2, 0.25) is 0 Å². The molecule has 0 radical (unpaired) electrons. The average molecular weight is 246 g/mol. The van der Waals surface area contributed by atoms with Crippen molar-refractivity contribution in [2.24, 2.45) is 5.73 Å². The highest BCUT2D eigenvalue weighted by atomic mass is 32.1. The van der Waals surface area contributed by atoms with Crippen molar-refractivity contribution in [2.45, 2.75) is 6.92 Å². The Labute approximate surface area is 108 Å². The first kappa shape index (κ1) is 13.5. The topological polar surface area (TPSA) is 29.3 Å². The van der Waals surface area contributed by atoms with Crippen LogP contribution in [0.5, 0.6) is 0 Å². The molecule has 0 aromatic heterocycles. The van der Waals surface area contributed by atoms with Gasteiger partial charge in [0, 0.05) is 19.8 Å². The van der Waals surface area contributed by atoms with E-state index in [9.17, 15) is 0 Å². The van der Waals surface area contributed by atoms with Gasteiger partial charge >= 0.3 is 0 Å². The number of allylic oxidation sites excluding steroid dienone is 1. The van der Waals surface area contributed by atoms with E-state index in [2.05, 4.69) is 0 Å². The summed E-state index contributed by atoms with van der Waals surface area (Å²) in [7, 11) is 3.81. The molecule has 3 heteroatoms. The Balaban J connectivity index is 2.87. The molecule has 0 heterocycles. The summed E-state index contributed by atoms with van der Waals surface area (Å²) in [5.41, 5.74) is 8.83. The van der Waals surface area contributed by atoms with Crippen molar-refractivity contribution in [3.05, 3.63) is 53.2 Å². The van der Waals surface area contributed by atoms with Crippen LogP contribution in [0.4, 0.5) is 0 Å². The van der Waals surface area contributed by atoms with Gasteiger partial charge in [-0.1, -0.05) is 42.5 Å². The summed E-state index contributed by atoms with van der Waals surface area (Å²) < 4.78 is 0. The zero-order valence-corrected chi connectivity index (χ0v) is 11.3. The van der Waals surface area contributed by atoms with Crippen molar-refractivity contribution >= 4 is 23.3 Å². The van der Waals surface area contributed by atoms with Crippen molar-refractivity contribution in [3.8, 4) is 0 Å². The van der Waals surface area contributed by atoms with Gasteiger partial charge in [-0.3, -0.25) is 0 Å². The molecule has 0 saturated carbocycles. The average Bonchev–Trinajstić information content (AvgIpc) is 2.29. The van der Waals surface area contributed by atoms with Gasteiger partial charge in [-0.25, -0.2) is 0 Å². The number of benzene rings is 1. The number of rotatable bonds is 3. The summed E-state index contributed by atoms with van der Waals surface area (Å²) in [6.45, 7) is 1.98. The molecule has 0 unspecified atom stereocenters. The first-order valence-corrected chi connectivity index (χ1v) is 5.83. The number of nitrogens with two attached hydrogens (primary N) is 1. The Bertz CT molecular complexity index is 445. The van der Waals surface area contributed by atoms with Crippen molar-refractivity contribution in [1.82, 2.24) is 4.90 Å². The van der Waals surface area contributed by atoms with Gasteiger partial charge in [0.15, 0.2) is 0 Å². The third kappa shape index (κ3) is 4.41. The van der Waals surface area contributed by atoms with Crippen LogP contribution in [-0.4, -0.2) is 24.0 Å². The number of likely N-dealkylation sites (N-methyl/N-ethyl adjacent to an activating group) is 1. The second-order valence-corrected chi connectivity index (χ2v) is 4.49. The lowest BCUT2D eigenvalue weighted by molar-refractivity contribution is 0.638. The molecular weight excluding hydrogens is 228 g/mol. The summed E-state index contributed by atoms with van der Waals surface area (Å²) >= 11 is 5.18. The Morgan fingerprint density at radius 2 is 1.82 bits per heavy atom. The molecule has 2 nitrogen and oxygen atoms in total. The van der Waals surface area contributed by atoms with Crippen molar-refractivity contribution in [3.63, 3.8) is 0 Å². The van der Waals surface area contributed by atoms with E-state index in [1.165, 1.54) is 0 Å². The first-order valence-electron chi connectivity index (χ1n) is 5.43. The summed E-state index contributed by atoms with van der Waals surface area (Å²) in [4.78, 5) is 2.58. The van der Waals surface area contributed by atoms with Crippen LogP contribution < -0.4 is 5.73 Å². The summed E-state index contributed by atoms with van der Waals surface area (Å²) in [5, 5.41) is 0. The molecule has 90 valence electrons. The molecule has 0 atom stereocenters. The molecule has 0 bridgehead atoms. The van der Waals surface area contributed by atoms with Gasteiger partial charge in [0.05, 0.1) is 0 Å². The SMILES string of the molecule is CC(=Cc1ccccc1)C(N)=CC(=S)N(C)C. The summed E-state index contributed by atoms with van der Waals surface area (Å²) in [6, 6.07) is 10.1. The Kier molecular flexibility index (Phi) is 4.91. The smallest absolute Gasteiger partial charge is 0.103 e. The first-order chi connectivity index (χ1) is 8.00. The van der Waals surface area contributed by atoms with Gasteiger partial charge in [-0.05, 0) is 30.2 Å². The van der Waals surface area contributed by atoms with Crippen LogP contribution in [0, 0.1) is 0 Å². The predicted octanol–water partition coefficient (Wildman–Crippen LogP) is 2.82. The molecule has 0 aliphatic rings. The van der Waals surface area contributed by atoms with E-state index in [0.29, 0.717) is 5.70 Å². The van der Waals surface area contributed by atoms with Crippen molar-refractivity contribution in [1.29, 1.82) is 0 Å². The minimum Gasteiger partial charge on any atom is -0.398 e. The highest BCUT2D eigenvalue weighted by Gasteiger charge is 1.99. The zero-order valence-electron chi connectivity index (χ0n) is 10.5. The molecule has 0 fully saturated rings. The largest absolute Gasteiger partial charge is 0.398 e. The van der Waals surface area contributed by atoms with Crippen LogP contribution in [0.15, 0.2) is 47.7 Å². The van der Waals surface area contributed by atoms with E-state index in [-0.39, 0.29) is 0 Å². The third-order valence-electron chi connectivity index (χ3n) is 2.36. The molecule has 0 amide bonds. The van der Waals surface area contributed by atoms with Gasteiger partial charge < -0.3 is 10.6 Å². The summed E-state index contributed by atoms with van der Waals surface area (Å²) in [6.07, 6.45) is 3.86. The van der Waals surface area contributed by atoms with E-state index in [4.69, 9.17) is 18.0 Å². The van der Waals surface area contributed by atoms with E-state index in [1.807, 2.05) is 68.4 Å². The highest BCUT2D eigenvalue weighted by molar-refractivity contribution is 7.80. The number of hydrogen-bond donors (Lipinski definition) is 1. The molecule has 0 saturated heterocycles. The third-order valence-corrected chi connectivity index (χ3v) is 2.84. The van der Waals surface area contributed by atoms with Gasteiger partial charge in [0.2, 0.25) is 0 Å². The van der Waals surface area contributed by atoms with Crippen LogP contribution in [-0.2, 0) is 0 Å². The molecule has 1 rings (SSSR count). The second kappa shape index (κ2) is 6.21. The van der Waals surface area contributed by atoms with E-state index >= 15 is 0 Å². The van der Waals surface area contributed by atoms with Gasteiger partial charge in [0.1, 0.15) is 4.99 Å². The maximum atomic E-state index is 5.98. The Morgan fingerprint density at radius 1 is 1.24 bits per heavy atom. The molecule has 1 aromatic rings. The number of nitrogens with zero attached hydrogens (tertiary/aromatic N) is 1. The van der Waals surface area contributed by atoms with E-state index < -0.39 is 0 Å². The maximum absolute atomic E-state index is 5.98. The fourth-order valence-electron chi connectivity index (χ4n) is 1.26. The van der Waals surface area contributed by atoms with E-state index in [1.54, 1.807) is 0 Å². The number of hydrogen-bond acceptors (Lipinski definition) is 2. The fraction of sp³-hybridized carbons (Fsp3) is 0.214. The molecular formula is C14H18N2S. The summed E-state index contributed by atoms with van der Waals surface area (Å²) in [5.74, 6) is 0. The van der Waals surface area contributed by atoms with Crippen molar-refractivity contribution in [2.75, 3.05) is 14.1 Å². The number of thiocarbonyl (C=S) groups is 1. The second-order valence-electron chi connectivity index (χ2n) is 4.07. The Hall–Kier alpha value is -1.61. The standard InChI is InChI=1S/C14H18N2S/c1-11(9-12-7-5-4-6-8-12)13(15)10-14(17)16(2)3/h4-10H,15H2,1-3H3. The zero-order chi connectivity index (χ0) is 12.8. The van der Waals surface area contributed by atoms with Crippen LogP contribution in [0.1, 0.15) is 12.5 Å². The lowest BCUT2D eigenvalue weighted by Gasteiger charge is -2.11. The van der Waals surface area contributed by atoms with Gasteiger partial charge in [-0.2, -0.15) is 0 Å². The minimum absolute atomic E-state index is 0.701. The molecule has 2 N–H and O–H groups in total. The quantitative estimate of drug-likeness (QED) is 0.505. The molecule has 0 aliphatic heterocycles. The lowest BCUT2D eigenvalue weighted by Crippen LogP contribution is -2.18. The minimum atomic E-state index is 0.701. The molecule has 0 aliphatic carbocycles. The Morgan fingerprint density at radius 3 is 2.35 bits per heavy atom. The van der Waals surface area contributed by atoms with Gasteiger partial charge in [-0.15, -0.1) is 0 Å². The van der Waals surface area contributed by atoms with E-state index in [0.717, 1.165) is 16.1 Å². The monoisotopic (exact) mass is 246 g/mol. The van der Waals surface area contributed by atoms with Crippen LogP contribution >= 0.6 is 12.2 Å². The molecule has 17 heavy (non-hydrogen) atoms. The molecule has 0 spiro atoms. The van der Waals surface area contributed by atoms with Crippen LogP contribution in [0.3, 0.4) is 0 Å². The molecule has 1 aromatic carbocycles. The highest BCUT2D eigenvalue weighted by Crippen LogP contribution is 2.10. The normalized spacial score (nSPS) is 12.4. The lowest BCUT2D eigenvalue weighted by atomic mass is 10.1. The van der Waals surface area contributed by atoms with Crippen molar-refractivity contribution < 1.29 is 0 Å².